The van der Waals surface area contributed by atoms with Gasteiger partial charge in [-0.25, -0.2) is 4.39 Å². The highest BCUT2D eigenvalue weighted by Crippen LogP contribution is 2.15. The van der Waals surface area contributed by atoms with Crippen LogP contribution in [0.3, 0.4) is 0 Å². The monoisotopic (exact) mass is 308 g/mol. The van der Waals surface area contributed by atoms with Crippen molar-refractivity contribution in [1.29, 1.82) is 0 Å². The zero-order valence-electron chi connectivity index (χ0n) is 9.36. The van der Waals surface area contributed by atoms with Crippen LogP contribution in [0.1, 0.15) is 15.9 Å². The van der Waals surface area contributed by atoms with Crippen LogP contribution >= 0.6 is 15.9 Å². The summed E-state index contributed by atoms with van der Waals surface area (Å²) in [6, 6.07) is 7.87. The average Bonchev–Trinajstić information content (AvgIpc) is 2.40. The molecule has 1 aromatic heterocycles. The van der Waals surface area contributed by atoms with Gasteiger partial charge in [-0.3, -0.25) is 9.78 Å². The minimum atomic E-state index is -0.540. The van der Waals surface area contributed by atoms with E-state index in [1.165, 1.54) is 12.1 Å². The van der Waals surface area contributed by atoms with Gasteiger partial charge in [-0.05, 0) is 29.8 Å². The van der Waals surface area contributed by atoms with Crippen LogP contribution in [0, 0.1) is 5.82 Å². The zero-order valence-corrected chi connectivity index (χ0v) is 10.9. The first-order chi connectivity index (χ1) is 8.66. The lowest BCUT2D eigenvalue weighted by Gasteiger charge is -2.06. The second-order valence-corrected chi connectivity index (χ2v) is 4.58. The van der Waals surface area contributed by atoms with E-state index in [2.05, 4.69) is 26.2 Å². The van der Waals surface area contributed by atoms with E-state index in [4.69, 9.17) is 0 Å². The summed E-state index contributed by atoms with van der Waals surface area (Å²) in [7, 11) is 0. The lowest BCUT2D eigenvalue weighted by atomic mass is 10.2. The maximum atomic E-state index is 13.5. The third-order valence-corrected chi connectivity index (χ3v) is 2.84. The summed E-state index contributed by atoms with van der Waals surface area (Å²) < 4.78 is 14.1. The summed E-state index contributed by atoms with van der Waals surface area (Å²) in [6.07, 6.45) is 3.30. The summed E-state index contributed by atoms with van der Waals surface area (Å²) in [5, 5.41) is 2.64. The maximum absolute atomic E-state index is 13.5. The molecule has 1 heterocycles. The number of nitrogens with one attached hydrogen (secondary N) is 1. The fourth-order valence-corrected chi connectivity index (χ4v) is 1.81. The van der Waals surface area contributed by atoms with Crippen molar-refractivity contribution >= 4 is 21.8 Å². The molecule has 1 aromatic carbocycles. The summed E-state index contributed by atoms with van der Waals surface area (Å²) in [4.78, 5) is 15.7. The van der Waals surface area contributed by atoms with Crippen molar-refractivity contribution < 1.29 is 9.18 Å². The Balaban J connectivity index is 2.06. The highest BCUT2D eigenvalue weighted by atomic mass is 79.9. The zero-order chi connectivity index (χ0) is 13.0. The van der Waals surface area contributed by atoms with Crippen molar-refractivity contribution in [2.75, 3.05) is 0 Å². The molecular formula is C13H10BrFN2O. The van der Waals surface area contributed by atoms with Crippen molar-refractivity contribution in [2.24, 2.45) is 0 Å². The van der Waals surface area contributed by atoms with Crippen molar-refractivity contribution in [3.8, 4) is 0 Å². The predicted molar refractivity (Wildman–Crippen MR) is 69.5 cm³/mol. The number of nitrogens with zero attached hydrogens (tertiary/aromatic N) is 1. The molecule has 0 saturated heterocycles. The Hall–Kier alpha value is -1.75. The number of carbonyl (C=O) groups is 1. The van der Waals surface area contributed by atoms with Crippen LogP contribution in [-0.2, 0) is 6.54 Å². The van der Waals surface area contributed by atoms with E-state index >= 15 is 0 Å². The maximum Gasteiger partial charge on any atom is 0.254 e. The van der Waals surface area contributed by atoms with Gasteiger partial charge in [0.2, 0.25) is 0 Å². The first-order valence-electron chi connectivity index (χ1n) is 5.29. The van der Waals surface area contributed by atoms with Gasteiger partial charge < -0.3 is 5.32 Å². The predicted octanol–water partition coefficient (Wildman–Crippen LogP) is 2.91. The van der Waals surface area contributed by atoms with Crippen LogP contribution in [0.5, 0.6) is 0 Å². The number of amides is 1. The third kappa shape index (κ3) is 3.13. The molecule has 3 nitrogen and oxygen atoms in total. The molecule has 1 N–H and O–H groups in total. The number of pyridine rings is 1. The van der Waals surface area contributed by atoms with Crippen LogP contribution in [0.15, 0.2) is 47.2 Å². The Morgan fingerprint density at radius 1 is 1.39 bits per heavy atom. The summed E-state index contributed by atoms with van der Waals surface area (Å²) in [5.41, 5.74) is 0.884. The topological polar surface area (TPSA) is 42.0 Å². The lowest BCUT2D eigenvalue weighted by molar-refractivity contribution is 0.0947. The molecule has 0 fully saturated rings. The van der Waals surface area contributed by atoms with Gasteiger partial charge >= 0.3 is 0 Å². The minimum absolute atomic E-state index is 0.0215. The van der Waals surface area contributed by atoms with E-state index in [-0.39, 0.29) is 5.56 Å². The molecule has 0 atom stereocenters. The van der Waals surface area contributed by atoms with Gasteiger partial charge in [-0.15, -0.1) is 0 Å². The summed E-state index contributed by atoms with van der Waals surface area (Å²) in [5.74, 6) is -0.987. The molecule has 0 radical (unpaired) electrons. The van der Waals surface area contributed by atoms with Gasteiger partial charge in [0.1, 0.15) is 5.82 Å². The fourth-order valence-electron chi connectivity index (χ4n) is 1.45. The van der Waals surface area contributed by atoms with Crippen LogP contribution in [0.4, 0.5) is 4.39 Å². The molecule has 5 heteroatoms. The molecule has 0 unspecified atom stereocenters. The molecule has 0 aliphatic rings. The number of halogens is 2. The summed E-state index contributed by atoms with van der Waals surface area (Å²) in [6.45, 7) is 0.318. The number of carbonyl (C=O) groups excluding carboxylic acids is 1. The van der Waals surface area contributed by atoms with E-state index in [1.54, 1.807) is 24.5 Å². The molecule has 92 valence electrons. The molecule has 2 aromatic rings. The van der Waals surface area contributed by atoms with E-state index in [9.17, 15) is 9.18 Å². The molecule has 0 saturated carbocycles. The van der Waals surface area contributed by atoms with E-state index in [1.807, 2.05) is 6.07 Å². The number of aromatic nitrogens is 1. The van der Waals surface area contributed by atoms with Gasteiger partial charge in [-0.2, -0.15) is 0 Å². The van der Waals surface area contributed by atoms with Crippen molar-refractivity contribution in [3.05, 3.63) is 64.1 Å². The van der Waals surface area contributed by atoms with Crippen LogP contribution in [0.25, 0.3) is 0 Å². The molecule has 1 amide bonds. The van der Waals surface area contributed by atoms with E-state index < -0.39 is 11.7 Å². The molecular weight excluding hydrogens is 299 g/mol. The van der Waals surface area contributed by atoms with Gasteiger partial charge in [-0.1, -0.05) is 22.0 Å². The Bertz CT molecular complexity index is 560. The molecule has 2 rings (SSSR count). The smallest absolute Gasteiger partial charge is 0.254 e. The normalized spacial score (nSPS) is 10.1. The fraction of sp³-hybridized carbons (Fsp3) is 0.0769. The first-order valence-corrected chi connectivity index (χ1v) is 6.08. The Kier molecular flexibility index (Phi) is 4.04. The minimum Gasteiger partial charge on any atom is -0.348 e. The third-order valence-electron chi connectivity index (χ3n) is 2.35. The molecule has 0 aliphatic heterocycles. The van der Waals surface area contributed by atoms with E-state index in [0.29, 0.717) is 11.0 Å². The molecule has 0 bridgehead atoms. The second kappa shape index (κ2) is 5.73. The lowest BCUT2D eigenvalue weighted by Crippen LogP contribution is -2.23. The average molecular weight is 309 g/mol. The number of hydrogen-bond acceptors (Lipinski definition) is 2. The number of rotatable bonds is 3. The molecule has 0 spiro atoms. The Labute approximate surface area is 112 Å². The SMILES string of the molecule is O=C(NCc1cccnc1)c1cc(Br)ccc1F. The van der Waals surface area contributed by atoms with Crippen LogP contribution in [0.2, 0.25) is 0 Å². The summed E-state index contributed by atoms with van der Waals surface area (Å²) >= 11 is 3.20. The van der Waals surface area contributed by atoms with Crippen molar-refractivity contribution in [2.45, 2.75) is 6.54 Å². The van der Waals surface area contributed by atoms with Gasteiger partial charge in [0.25, 0.3) is 5.91 Å². The van der Waals surface area contributed by atoms with Crippen molar-refractivity contribution in [1.82, 2.24) is 10.3 Å². The highest BCUT2D eigenvalue weighted by Gasteiger charge is 2.11. The standard InChI is InChI=1S/C13H10BrFN2O/c14-10-3-4-12(15)11(6-10)13(18)17-8-9-2-1-5-16-7-9/h1-7H,8H2,(H,17,18). The second-order valence-electron chi connectivity index (χ2n) is 3.67. The largest absolute Gasteiger partial charge is 0.348 e. The number of hydrogen-bond donors (Lipinski definition) is 1. The Morgan fingerprint density at radius 2 is 2.22 bits per heavy atom. The first kappa shape index (κ1) is 12.7. The van der Waals surface area contributed by atoms with Gasteiger partial charge in [0, 0.05) is 23.4 Å². The van der Waals surface area contributed by atoms with Gasteiger partial charge in [0.15, 0.2) is 0 Å². The highest BCUT2D eigenvalue weighted by molar-refractivity contribution is 9.10. The quantitative estimate of drug-likeness (QED) is 0.947. The van der Waals surface area contributed by atoms with Crippen molar-refractivity contribution in [3.63, 3.8) is 0 Å². The molecule has 0 aliphatic carbocycles. The Morgan fingerprint density at radius 3 is 2.94 bits per heavy atom. The van der Waals surface area contributed by atoms with Gasteiger partial charge in [0.05, 0.1) is 5.56 Å². The number of benzene rings is 1. The van der Waals surface area contributed by atoms with E-state index in [0.717, 1.165) is 5.56 Å². The molecule has 18 heavy (non-hydrogen) atoms. The van der Waals surface area contributed by atoms with Crippen LogP contribution < -0.4 is 5.32 Å². The van der Waals surface area contributed by atoms with Crippen LogP contribution in [-0.4, -0.2) is 10.9 Å².